The Hall–Kier alpha value is -4.19. The number of amides is 1. The Morgan fingerprint density at radius 3 is 2.80 bits per heavy atom. The summed E-state index contributed by atoms with van der Waals surface area (Å²) in [6.07, 6.45) is 9.13. The third-order valence-electron chi connectivity index (χ3n) is 5.62. The van der Waals surface area contributed by atoms with Crippen molar-refractivity contribution in [3.05, 3.63) is 55.1 Å². The summed E-state index contributed by atoms with van der Waals surface area (Å²) >= 11 is 0. The van der Waals surface area contributed by atoms with Crippen molar-refractivity contribution >= 4 is 40.2 Å². The predicted octanol–water partition coefficient (Wildman–Crippen LogP) is 3.64. The molecule has 1 aliphatic heterocycles. The number of imidazole rings is 1. The van der Waals surface area contributed by atoms with Crippen molar-refractivity contribution in [3.8, 4) is 0 Å². The van der Waals surface area contributed by atoms with Crippen LogP contribution in [-0.2, 0) is 9.53 Å². The van der Waals surface area contributed by atoms with Gasteiger partial charge in [-0.05, 0) is 50.5 Å². The molecule has 4 aromatic rings. The molecule has 11 nitrogen and oxygen atoms in total. The average molecular weight is 478 g/mol. The van der Waals surface area contributed by atoms with Gasteiger partial charge in [0.15, 0.2) is 17.0 Å². The number of anilines is 4. The van der Waals surface area contributed by atoms with Gasteiger partial charge in [-0.1, -0.05) is 0 Å². The SMILES string of the molecule is CC(Nc1ncnc2c1ncn2[C@@H]1CCCCO1)C(=O)Nc1ccc(F)cc1Nc1ncccn1. The van der Waals surface area contributed by atoms with Crippen molar-refractivity contribution in [1.29, 1.82) is 0 Å². The normalized spacial score (nSPS) is 16.6. The molecular formula is C23H24FN9O2. The van der Waals surface area contributed by atoms with Crippen molar-refractivity contribution in [1.82, 2.24) is 29.5 Å². The lowest BCUT2D eigenvalue weighted by atomic mass is 10.2. The topological polar surface area (TPSA) is 132 Å². The highest BCUT2D eigenvalue weighted by atomic mass is 19.1. The first-order valence-corrected chi connectivity index (χ1v) is 11.3. The molecule has 4 heterocycles. The van der Waals surface area contributed by atoms with Gasteiger partial charge in [-0.2, -0.15) is 0 Å². The van der Waals surface area contributed by atoms with Gasteiger partial charge < -0.3 is 20.7 Å². The molecular weight excluding hydrogens is 453 g/mol. The first kappa shape index (κ1) is 22.6. The number of rotatable bonds is 7. The zero-order valence-corrected chi connectivity index (χ0v) is 19.0. The molecule has 1 saturated heterocycles. The summed E-state index contributed by atoms with van der Waals surface area (Å²) in [5.74, 6) is -0.105. The predicted molar refractivity (Wildman–Crippen MR) is 128 cm³/mol. The Bertz CT molecular complexity index is 1330. The average Bonchev–Trinajstić information content (AvgIpc) is 3.32. The van der Waals surface area contributed by atoms with Crippen LogP contribution in [0.3, 0.4) is 0 Å². The van der Waals surface area contributed by atoms with Crippen LogP contribution in [0.1, 0.15) is 32.4 Å². The number of hydrogen-bond donors (Lipinski definition) is 3. The fourth-order valence-electron chi connectivity index (χ4n) is 3.84. The number of aromatic nitrogens is 6. The second-order valence-electron chi connectivity index (χ2n) is 8.11. The minimum atomic E-state index is -0.685. The van der Waals surface area contributed by atoms with Gasteiger partial charge in [0.25, 0.3) is 0 Å². The Morgan fingerprint density at radius 2 is 2.00 bits per heavy atom. The molecule has 0 bridgehead atoms. The molecule has 3 N–H and O–H groups in total. The van der Waals surface area contributed by atoms with E-state index in [1.165, 1.54) is 24.5 Å². The number of carbonyl (C=O) groups excluding carboxylic acids is 1. The molecule has 180 valence electrons. The van der Waals surface area contributed by atoms with E-state index in [0.29, 0.717) is 35.0 Å². The molecule has 1 amide bonds. The van der Waals surface area contributed by atoms with Crippen LogP contribution < -0.4 is 16.0 Å². The molecule has 3 aromatic heterocycles. The first-order chi connectivity index (χ1) is 17.1. The fraction of sp³-hybridized carbons (Fsp3) is 0.304. The quantitative estimate of drug-likeness (QED) is 0.365. The molecule has 12 heteroatoms. The van der Waals surface area contributed by atoms with Crippen LogP contribution in [0.15, 0.2) is 49.3 Å². The zero-order valence-electron chi connectivity index (χ0n) is 19.0. The molecule has 35 heavy (non-hydrogen) atoms. The standard InChI is InChI=1S/C23H24FN9O2/c1-14(22(34)31-16-7-6-15(24)11-17(16)32-23-25-8-4-9-26-23)30-20-19-21(28-12-27-20)33(13-29-19)18-5-2-3-10-35-18/h4,6-9,11-14,18H,2-3,5,10H2,1H3,(H,31,34)(H,25,26,32)(H,27,28,30)/t14?,18-/m0/s1. The van der Waals surface area contributed by atoms with Crippen molar-refractivity contribution < 1.29 is 13.9 Å². The molecule has 1 unspecified atom stereocenters. The smallest absolute Gasteiger partial charge is 0.246 e. The summed E-state index contributed by atoms with van der Waals surface area (Å²) in [5.41, 5.74) is 1.89. The van der Waals surface area contributed by atoms with Crippen molar-refractivity contribution in [2.45, 2.75) is 38.5 Å². The summed E-state index contributed by atoms with van der Waals surface area (Å²) in [6.45, 7) is 2.40. The molecule has 1 aromatic carbocycles. The second-order valence-corrected chi connectivity index (χ2v) is 8.11. The largest absolute Gasteiger partial charge is 0.358 e. The van der Waals surface area contributed by atoms with Crippen LogP contribution in [0, 0.1) is 5.82 Å². The van der Waals surface area contributed by atoms with Crippen molar-refractivity contribution in [3.63, 3.8) is 0 Å². The van der Waals surface area contributed by atoms with E-state index in [4.69, 9.17) is 4.74 Å². The van der Waals surface area contributed by atoms with Gasteiger partial charge in [0.1, 0.15) is 24.4 Å². The molecule has 5 rings (SSSR count). The van der Waals surface area contributed by atoms with E-state index >= 15 is 0 Å². The highest BCUT2D eigenvalue weighted by Gasteiger charge is 2.22. The number of hydrogen-bond acceptors (Lipinski definition) is 9. The third-order valence-corrected chi connectivity index (χ3v) is 5.62. The van der Waals surface area contributed by atoms with E-state index in [-0.39, 0.29) is 18.1 Å². The van der Waals surface area contributed by atoms with E-state index in [0.717, 1.165) is 19.3 Å². The maximum Gasteiger partial charge on any atom is 0.246 e. The van der Waals surface area contributed by atoms with Crippen molar-refractivity contribution in [2.24, 2.45) is 0 Å². The maximum atomic E-state index is 13.9. The van der Waals surface area contributed by atoms with Crippen LogP contribution >= 0.6 is 0 Å². The number of ether oxygens (including phenoxy) is 1. The summed E-state index contributed by atoms with van der Waals surface area (Å²) in [7, 11) is 0. The monoisotopic (exact) mass is 477 g/mol. The number of halogens is 1. The van der Waals surface area contributed by atoms with Crippen LogP contribution in [-0.4, -0.2) is 48.0 Å². The van der Waals surface area contributed by atoms with Gasteiger partial charge in [0, 0.05) is 19.0 Å². The summed E-state index contributed by atoms with van der Waals surface area (Å²) in [4.78, 5) is 34.2. The lowest BCUT2D eigenvalue weighted by Crippen LogP contribution is -2.32. The Morgan fingerprint density at radius 1 is 1.14 bits per heavy atom. The molecule has 0 spiro atoms. The van der Waals surface area contributed by atoms with Gasteiger partial charge in [-0.15, -0.1) is 0 Å². The Balaban J connectivity index is 1.32. The van der Waals surface area contributed by atoms with E-state index in [1.54, 1.807) is 31.7 Å². The van der Waals surface area contributed by atoms with E-state index < -0.39 is 11.9 Å². The van der Waals surface area contributed by atoms with Gasteiger partial charge in [0.2, 0.25) is 11.9 Å². The Kier molecular flexibility index (Phi) is 6.44. The van der Waals surface area contributed by atoms with Crippen LogP contribution in [0.2, 0.25) is 0 Å². The first-order valence-electron chi connectivity index (χ1n) is 11.3. The van der Waals surface area contributed by atoms with E-state index in [2.05, 4.69) is 40.9 Å². The summed E-state index contributed by atoms with van der Waals surface area (Å²) in [6, 6.07) is 4.98. The summed E-state index contributed by atoms with van der Waals surface area (Å²) < 4.78 is 21.6. The third kappa shape index (κ3) is 5.01. The Labute approximate surface area is 200 Å². The van der Waals surface area contributed by atoms with Gasteiger partial charge in [-0.25, -0.2) is 29.3 Å². The van der Waals surface area contributed by atoms with Crippen LogP contribution in [0.4, 0.5) is 27.5 Å². The number of carbonyl (C=O) groups is 1. The number of benzene rings is 1. The highest BCUT2D eigenvalue weighted by molar-refractivity contribution is 5.99. The van der Waals surface area contributed by atoms with Crippen LogP contribution in [0.5, 0.6) is 0 Å². The highest BCUT2D eigenvalue weighted by Crippen LogP contribution is 2.28. The molecule has 0 aliphatic carbocycles. The molecule has 0 radical (unpaired) electrons. The maximum absolute atomic E-state index is 13.9. The second kappa shape index (κ2) is 9.97. The molecule has 1 fully saturated rings. The molecule has 1 aliphatic rings. The summed E-state index contributed by atoms with van der Waals surface area (Å²) in [5, 5.41) is 8.83. The lowest BCUT2D eigenvalue weighted by molar-refractivity contribution is -0.116. The zero-order chi connectivity index (χ0) is 24.2. The van der Waals surface area contributed by atoms with Crippen molar-refractivity contribution in [2.75, 3.05) is 22.6 Å². The minimum Gasteiger partial charge on any atom is -0.358 e. The fourth-order valence-corrected chi connectivity index (χ4v) is 3.84. The number of nitrogens with zero attached hydrogens (tertiary/aromatic N) is 6. The lowest BCUT2D eigenvalue weighted by Gasteiger charge is -2.23. The van der Waals surface area contributed by atoms with E-state index in [9.17, 15) is 9.18 Å². The molecule has 0 saturated carbocycles. The van der Waals surface area contributed by atoms with Gasteiger partial charge >= 0.3 is 0 Å². The van der Waals surface area contributed by atoms with Gasteiger partial charge in [0.05, 0.1) is 17.7 Å². The van der Waals surface area contributed by atoms with Gasteiger partial charge in [-0.3, -0.25) is 9.36 Å². The van der Waals surface area contributed by atoms with Crippen LogP contribution in [0.25, 0.3) is 11.2 Å². The molecule has 2 atom stereocenters. The number of fused-ring (bicyclic) bond motifs is 1. The number of nitrogens with one attached hydrogen (secondary N) is 3. The van der Waals surface area contributed by atoms with E-state index in [1.807, 2.05) is 4.57 Å². The minimum absolute atomic E-state index is 0.116.